The standard InChI is InChI=1S/C64H77N13O13S/c1-6-64(51-31-54-58-49(36-77(54)60(83)50(51)38-88-61(64)84)47(24-27-76(41(3)4)42(5)78)48-16-11-12-17-52(48)72-58)90-63(85)89-37-43-20-22-45(23-21-43)70-59(82)53(18-13-14-25-65)71-57(81)40-87-39-56(80)66-26-29-86-30-28-75-35-46(73-74-75)34-67-55(79)19-10-8-9-15-44-32-68-62(69-33-44)91-7-2/h11-12,16-17,20-23,31-33,35,41,53H,6-8,10,13-14,18-19,24-30,34,36-40,65H2,1-5H3,(H,66,80)(H,67,79)(H,70,82)(H,71,81)/t53-,64-/m0/s1. The predicted octanol–water partition coefficient (Wildman–Crippen LogP) is 4.97. The number of hydrogen-bond donors (Lipinski definition) is 5. The van der Waals surface area contributed by atoms with E-state index in [0.29, 0.717) is 97.2 Å². The number of fused-ring (bicyclic) bond motifs is 5. The summed E-state index contributed by atoms with van der Waals surface area (Å²) in [6.45, 7) is 9.90. The SMILES string of the molecule is CCSc1ncc(C#CCCCC(=O)NCc2cn(CCOCCNC(=O)COCC(=O)N[C@@H](CCCCN)C(=O)Nc3ccc(COC(=O)O[C@]4(CC)C(=O)OCc5c4cc4n(c5=O)Cc5c-4nc4ccccc4c5CCN(C(C)=O)C(C)C)cc3)nn2)cn1. The summed E-state index contributed by atoms with van der Waals surface area (Å²) in [6.07, 6.45) is 7.20. The third-order valence-electron chi connectivity index (χ3n) is 15.1. The van der Waals surface area contributed by atoms with Crippen molar-refractivity contribution in [2.45, 2.75) is 142 Å². The van der Waals surface area contributed by atoms with Crippen molar-refractivity contribution in [3.63, 3.8) is 0 Å². The maximum absolute atomic E-state index is 14.4. The fraction of sp³-hybridized carbons (Fsp3) is 0.453. The van der Waals surface area contributed by atoms with E-state index in [-0.39, 0.29) is 87.9 Å². The molecular formula is C64H77N13O13S. The van der Waals surface area contributed by atoms with Gasteiger partial charge in [0.1, 0.15) is 38.2 Å². The van der Waals surface area contributed by atoms with Crippen molar-refractivity contribution < 1.29 is 57.2 Å². The molecule has 0 spiro atoms. The monoisotopic (exact) mass is 1270 g/mol. The minimum atomic E-state index is -2.03. The molecule has 0 saturated heterocycles. The third kappa shape index (κ3) is 18.3. The number of nitrogens with one attached hydrogen (secondary N) is 4. The number of ether oxygens (including phenoxy) is 5. The molecule has 0 unspecified atom stereocenters. The number of para-hydroxylation sites is 1. The molecule has 26 nitrogen and oxygen atoms in total. The molecule has 2 atom stereocenters. The van der Waals surface area contributed by atoms with E-state index < -0.39 is 60.3 Å². The number of carbonyl (C=O) groups excluding carboxylic acids is 7. The van der Waals surface area contributed by atoms with Crippen molar-refractivity contribution in [3.05, 3.63) is 123 Å². The van der Waals surface area contributed by atoms with Crippen LogP contribution in [-0.4, -0.2) is 145 Å². The Hall–Kier alpha value is -9.10. The van der Waals surface area contributed by atoms with Crippen molar-refractivity contribution in [1.29, 1.82) is 0 Å². The van der Waals surface area contributed by atoms with Gasteiger partial charge in [-0.1, -0.05) is 73.0 Å². The minimum absolute atomic E-state index is 0.0223. The number of nitrogens with zero attached hydrogens (tertiary/aromatic N) is 8. The summed E-state index contributed by atoms with van der Waals surface area (Å²) in [5, 5.41) is 20.7. The zero-order chi connectivity index (χ0) is 64.9. The molecule has 5 amide bonds. The van der Waals surface area contributed by atoms with Crippen LogP contribution in [0.4, 0.5) is 10.5 Å². The van der Waals surface area contributed by atoms with Crippen LogP contribution in [0.2, 0.25) is 0 Å². The van der Waals surface area contributed by atoms with E-state index >= 15 is 0 Å². The number of pyridine rings is 2. The van der Waals surface area contributed by atoms with Gasteiger partial charge in [0.2, 0.25) is 35.1 Å². The summed E-state index contributed by atoms with van der Waals surface area (Å²) in [5.41, 5.74) is 9.27. The van der Waals surface area contributed by atoms with E-state index in [0.717, 1.165) is 27.8 Å². The van der Waals surface area contributed by atoms with Crippen LogP contribution >= 0.6 is 11.8 Å². The first kappa shape index (κ1) is 67.8. The quantitative estimate of drug-likeness (QED) is 0.0122. The van der Waals surface area contributed by atoms with Gasteiger partial charge in [-0.15, -0.1) is 5.10 Å². The summed E-state index contributed by atoms with van der Waals surface area (Å²) >= 11 is 1.56. The van der Waals surface area contributed by atoms with Crippen LogP contribution in [0.25, 0.3) is 22.3 Å². The van der Waals surface area contributed by atoms with Crippen molar-refractivity contribution in [1.82, 2.24) is 55.4 Å². The van der Waals surface area contributed by atoms with Crippen molar-refractivity contribution in [2.24, 2.45) is 5.73 Å². The van der Waals surface area contributed by atoms with Crippen molar-refractivity contribution in [3.8, 4) is 23.2 Å². The predicted molar refractivity (Wildman–Crippen MR) is 335 cm³/mol. The smallest absolute Gasteiger partial charge is 0.457 e. The van der Waals surface area contributed by atoms with Gasteiger partial charge in [-0.25, -0.2) is 29.2 Å². The highest BCUT2D eigenvalue weighted by Crippen LogP contribution is 2.42. The molecule has 0 bridgehead atoms. The van der Waals surface area contributed by atoms with Crippen LogP contribution in [-0.2, 0) is 97.3 Å². The van der Waals surface area contributed by atoms with E-state index in [1.54, 1.807) is 88.7 Å². The number of nitrogens with two attached hydrogens (primary N) is 1. The normalized spacial score (nSPS) is 14.0. The van der Waals surface area contributed by atoms with E-state index in [9.17, 15) is 38.4 Å². The number of unbranched alkanes of at least 4 members (excludes halogenated alkanes) is 2. The van der Waals surface area contributed by atoms with E-state index in [1.165, 1.54) is 0 Å². The van der Waals surface area contributed by atoms with Gasteiger partial charge in [0.05, 0.1) is 67.1 Å². The van der Waals surface area contributed by atoms with Gasteiger partial charge in [0.25, 0.3) is 5.56 Å². The van der Waals surface area contributed by atoms with E-state index in [2.05, 4.69) is 53.4 Å². The Labute approximate surface area is 530 Å². The Morgan fingerprint density at radius 1 is 0.923 bits per heavy atom. The van der Waals surface area contributed by atoms with Gasteiger partial charge in [-0.2, -0.15) is 0 Å². The van der Waals surface area contributed by atoms with Crippen LogP contribution in [0.1, 0.15) is 119 Å². The largest absolute Gasteiger partial charge is 0.510 e. The number of cyclic esters (lactones) is 1. The summed E-state index contributed by atoms with van der Waals surface area (Å²) in [6, 6.07) is 14.7. The molecule has 0 aliphatic carbocycles. The maximum Gasteiger partial charge on any atom is 0.510 e. The van der Waals surface area contributed by atoms with Crippen LogP contribution in [0, 0.1) is 11.8 Å². The molecule has 8 rings (SSSR count). The lowest BCUT2D eigenvalue weighted by molar-refractivity contribution is -0.175. The molecule has 0 fully saturated rings. The minimum Gasteiger partial charge on any atom is -0.457 e. The van der Waals surface area contributed by atoms with E-state index in [4.69, 9.17) is 34.4 Å². The highest BCUT2D eigenvalue weighted by atomic mass is 32.2. The molecule has 2 aliphatic heterocycles. The molecule has 2 aromatic carbocycles. The van der Waals surface area contributed by atoms with Crippen LogP contribution < -0.4 is 32.6 Å². The summed E-state index contributed by atoms with van der Waals surface area (Å²) in [5.74, 6) is 4.32. The van der Waals surface area contributed by atoms with E-state index in [1.807, 2.05) is 45.0 Å². The van der Waals surface area contributed by atoms with Gasteiger partial charge < -0.3 is 60.2 Å². The first-order valence-corrected chi connectivity index (χ1v) is 31.4. The lowest BCUT2D eigenvalue weighted by Gasteiger charge is -2.35. The van der Waals surface area contributed by atoms with Crippen molar-refractivity contribution in [2.75, 3.05) is 57.1 Å². The average Bonchev–Trinajstić information content (AvgIpc) is 1.65. The van der Waals surface area contributed by atoms with Gasteiger partial charge in [-0.05, 0) is 100 Å². The topological polar surface area (TPSA) is 334 Å². The van der Waals surface area contributed by atoms with Gasteiger partial charge >= 0.3 is 12.1 Å². The summed E-state index contributed by atoms with van der Waals surface area (Å²) in [4.78, 5) is 121. The number of aromatic nitrogens is 7. The number of benzene rings is 2. The fourth-order valence-corrected chi connectivity index (χ4v) is 11.0. The molecule has 0 radical (unpaired) electrons. The second kappa shape index (κ2) is 33.1. The lowest BCUT2D eigenvalue weighted by Crippen LogP contribution is -2.47. The number of thioether (sulfide) groups is 1. The molecule has 6 aromatic rings. The first-order chi connectivity index (χ1) is 44.0. The number of hydrogen-bond acceptors (Lipinski definition) is 20. The molecule has 6 heterocycles. The molecular weight excluding hydrogens is 1190 g/mol. The van der Waals surface area contributed by atoms with Crippen LogP contribution in [0.5, 0.6) is 0 Å². The zero-order valence-electron chi connectivity index (χ0n) is 51.8. The lowest BCUT2D eigenvalue weighted by atomic mass is 9.85. The molecule has 482 valence electrons. The molecule has 2 aliphatic rings. The second-order valence-electron chi connectivity index (χ2n) is 21.8. The number of anilines is 1. The van der Waals surface area contributed by atoms with Gasteiger partial charge in [0, 0.05) is 73.5 Å². The van der Waals surface area contributed by atoms with Crippen molar-refractivity contribution >= 4 is 70.0 Å². The molecule has 91 heavy (non-hydrogen) atoms. The zero-order valence-corrected chi connectivity index (χ0v) is 52.6. The fourth-order valence-electron chi connectivity index (χ4n) is 10.5. The molecule has 27 heteroatoms. The summed E-state index contributed by atoms with van der Waals surface area (Å²) < 4.78 is 31.1. The Bertz CT molecular complexity index is 3700. The number of carbonyl (C=O) groups is 7. The van der Waals surface area contributed by atoms with Gasteiger partial charge in [0.15, 0.2) is 5.16 Å². The molecule has 0 saturated carbocycles. The Balaban J connectivity index is 0.745. The Kier molecular flexibility index (Phi) is 24.7. The van der Waals surface area contributed by atoms with Gasteiger partial charge in [-0.3, -0.25) is 28.8 Å². The second-order valence-corrected chi connectivity index (χ2v) is 23.1. The average molecular weight is 1270 g/mol. The van der Waals surface area contributed by atoms with Crippen LogP contribution in [0.3, 0.4) is 0 Å². The number of amides is 5. The van der Waals surface area contributed by atoms with Crippen LogP contribution in [0.15, 0.2) is 83.1 Å². The molecule has 4 aromatic heterocycles. The number of esters is 1. The number of rotatable bonds is 32. The Morgan fingerprint density at radius 2 is 1.70 bits per heavy atom. The Morgan fingerprint density at radius 3 is 2.45 bits per heavy atom. The first-order valence-electron chi connectivity index (χ1n) is 30.4. The highest BCUT2D eigenvalue weighted by molar-refractivity contribution is 7.99. The highest BCUT2D eigenvalue weighted by Gasteiger charge is 2.51. The molecule has 6 N–H and O–H groups in total. The third-order valence-corrected chi connectivity index (χ3v) is 15.9. The maximum atomic E-state index is 14.4. The summed E-state index contributed by atoms with van der Waals surface area (Å²) in [7, 11) is 0.